The number of carbonyl (C=O) groups is 1. The van der Waals surface area contributed by atoms with E-state index in [1.165, 1.54) is 0 Å². The quantitative estimate of drug-likeness (QED) is 0.623. The first-order chi connectivity index (χ1) is 14.2. The van der Waals surface area contributed by atoms with Crippen molar-refractivity contribution in [3.8, 4) is 11.5 Å². The number of benzene rings is 2. The first-order valence-electron chi connectivity index (χ1n) is 10.0. The summed E-state index contributed by atoms with van der Waals surface area (Å²) in [6, 6.07) is 19.2. The van der Waals surface area contributed by atoms with Crippen molar-refractivity contribution in [2.24, 2.45) is 0 Å². The van der Waals surface area contributed by atoms with Crippen LogP contribution in [0.5, 0.6) is 11.5 Å². The number of halogens is 1. The standard InChI is InChI=1S/C23H26N4O2.ClH/c1-18(20-10-5-6-11-21(20)29-19-8-3-2-4-9-19)26-22(28)23(12-15-24-16-13-23)27-17-7-14-25-27;/h2-11,14,17-18,24H,12-13,15-16H2,1H3,(H,26,28);1H. The monoisotopic (exact) mass is 426 g/mol. The van der Waals surface area contributed by atoms with Crippen LogP contribution >= 0.6 is 12.4 Å². The molecule has 1 amide bonds. The Morgan fingerprint density at radius 3 is 2.50 bits per heavy atom. The maximum absolute atomic E-state index is 13.4. The summed E-state index contributed by atoms with van der Waals surface area (Å²) < 4.78 is 7.88. The molecule has 2 N–H and O–H groups in total. The first kappa shape index (κ1) is 21.9. The second-order valence-electron chi connectivity index (χ2n) is 7.38. The molecule has 3 aromatic rings. The van der Waals surface area contributed by atoms with Crippen LogP contribution in [0.15, 0.2) is 73.1 Å². The van der Waals surface area contributed by atoms with Gasteiger partial charge in [-0.05, 0) is 57.1 Å². The van der Waals surface area contributed by atoms with E-state index in [4.69, 9.17) is 4.74 Å². The Morgan fingerprint density at radius 2 is 1.80 bits per heavy atom. The van der Waals surface area contributed by atoms with Crippen molar-refractivity contribution < 1.29 is 9.53 Å². The molecule has 2 aromatic carbocycles. The summed E-state index contributed by atoms with van der Waals surface area (Å²) in [5, 5.41) is 10.9. The van der Waals surface area contributed by atoms with Gasteiger partial charge < -0.3 is 15.4 Å². The zero-order valence-electron chi connectivity index (χ0n) is 17.0. The molecule has 1 atom stereocenters. The van der Waals surface area contributed by atoms with Crippen molar-refractivity contribution in [2.45, 2.75) is 31.3 Å². The highest BCUT2D eigenvalue weighted by molar-refractivity contribution is 5.85. The van der Waals surface area contributed by atoms with Crippen molar-refractivity contribution in [3.63, 3.8) is 0 Å². The van der Waals surface area contributed by atoms with Crippen LogP contribution in [0.2, 0.25) is 0 Å². The molecule has 1 aliphatic rings. The number of piperidine rings is 1. The van der Waals surface area contributed by atoms with Gasteiger partial charge in [0.2, 0.25) is 5.91 Å². The molecule has 6 nitrogen and oxygen atoms in total. The van der Waals surface area contributed by atoms with Gasteiger partial charge in [0.05, 0.1) is 6.04 Å². The molecule has 0 spiro atoms. The van der Waals surface area contributed by atoms with Crippen LogP contribution < -0.4 is 15.4 Å². The Labute approximate surface area is 183 Å². The molecule has 0 bridgehead atoms. The van der Waals surface area contributed by atoms with E-state index < -0.39 is 5.54 Å². The zero-order chi connectivity index (χ0) is 20.1. The summed E-state index contributed by atoms with van der Waals surface area (Å²) in [5.74, 6) is 1.50. The minimum Gasteiger partial charge on any atom is -0.457 e. The topological polar surface area (TPSA) is 68.2 Å². The average molecular weight is 427 g/mol. The van der Waals surface area contributed by atoms with Crippen LogP contribution in [0.25, 0.3) is 0 Å². The largest absolute Gasteiger partial charge is 0.457 e. The van der Waals surface area contributed by atoms with Crippen molar-refractivity contribution in [1.29, 1.82) is 0 Å². The maximum Gasteiger partial charge on any atom is 0.248 e. The molecule has 1 fully saturated rings. The number of nitrogens with one attached hydrogen (secondary N) is 2. The van der Waals surface area contributed by atoms with Crippen LogP contribution in [0.4, 0.5) is 0 Å². The molecule has 0 aliphatic carbocycles. The highest BCUT2D eigenvalue weighted by atomic mass is 35.5. The van der Waals surface area contributed by atoms with E-state index in [-0.39, 0.29) is 24.4 Å². The van der Waals surface area contributed by atoms with Crippen LogP contribution in [-0.2, 0) is 10.3 Å². The molecule has 158 valence electrons. The minimum atomic E-state index is -0.668. The molecular weight excluding hydrogens is 400 g/mol. The Bertz CT molecular complexity index is 941. The van der Waals surface area contributed by atoms with Gasteiger partial charge in [-0.2, -0.15) is 5.10 Å². The summed E-state index contributed by atoms with van der Waals surface area (Å²) in [6.45, 7) is 3.56. The Morgan fingerprint density at radius 1 is 1.10 bits per heavy atom. The third-order valence-corrected chi connectivity index (χ3v) is 5.50. The normalized spacial score (nSPS) is 16.2. The van der Waals surface area contributed by atoms with Crippen molar-refractivity contribution in [3.05, 3.63) is 78.6 Å². The number of nitrogens with zero attached hydrogens (tertiary/aromatic N) is 2. The summed E-state index contributed by atoms with van der Waals surface area (Å²) in [4.78, 5) is 13.4. The average Bonchev–Trinajstić information content (AvgIpc) is 3.31. The van der Waals surface area contributed by atoms with Gasteiger partial charge in [0.25, 0.3) is 0 Å². The number of hydrogen-bond donors (Lipinski definition) is 2. The number of amides is 1. The third kappa shape index (κ3) is 4.50. The second kappa shape index (κ2) is 9.78. The molecule has 0 saturated carbocycles. The van der Waals surface area contributed by atoms with Crippen LogP contribution in [0, 0.1) is 0 Å². The number of para-hydroxylation sites is 2. The van der Waals surface area contributed by atoms with Gasteiger partial charge in [0.15, 0.2) is 0 Å². The molecule has 1 unspecified atom stereocenters. The van der Waals surface area contributed by atoms with Crippen LogP contribution in [0.1, 0.15) is 31.4 Å². The number of carbonyl (C=O) groups excluding carboxylic acids is 1. The molecule has 7 heteroatoms. The molecule has 30 heavy (non-hydrogen) atoms. The SMILES string of the molecule is CC(NC(=O)C1(n2cccn2)CCNCC1)c1ccccc1Oc1ccccc1.Cl. The van der Waals surface area contributed by atoms with E-state index in [1.54, 1.807) is 6.20 Å². The van der Waals surface area contributed by atoms with Gasteiger partial charge in [-0.25, -0.2) is 0 Å². The van der Waals surface area contributed by atoms with Crippen molar-refractivity contribution in [2.75, 3.05) is 13.1 Å². The number of aromatic nitrogens is 2. The fourth-order valence-electron chi connectivity index (χ4n) is 3.88. The number of hydrogen-bond acceptors (Lipinski definition) is 4. The van der Waals surface area contributed by atoms with Crippen LogP contribution in [-0.4, -0.2) is 28.8 Å². The summed E-state index contributed by atoms with van der Waals surface area (Å²) in [5.41, 5.74) is 0.271. The lowest BCUT2D eigenvalue weighted by Crippen LogP contribution is -2.55. The molecule has 1 aromatic heterocycles. The molecule has 1 aliphatic heterocycles. The fraction of sp³-hybridized carbons (Fsp3) is 0.304. The van der Waals surface area contributed by atoms with Gasteiger partial charge in [0, 0.05) is 18.0 Å². The van der Waals surface area contributed by atoms with E-state index in [0.717, 1.165) is 30.2 Å². The molecule has 0 radical (unpaired) electrons. The van der Waals surface area contributed by atoms with Gasteiger partial charge in [-0.15, -0.1) is 12.4 Å². The summed E-state index contributed by atoms with van der Waals surface area (Å²) in [7, 11) is 0. The fourth-order valence-corrected chi connectivity index (χ4v) is 3.88. The molecule has 2 heterocycles. The smallest absolute Gasteiger partial charge is 0.248 e. The van der Waals surface area contributed by atoms with Gasteiger partial charge in [-0.3, -0.25) is 9.48 Å². The predicted molar refractivity (Wildman–Crippen MR) is 119 cm³/mol. The van der Waals surface area contributed by atoms with Crippen molar-refractivity contribution >= 4 is 18.3 Å². The Balaban J connectivity index is 0.00000256. The van der Waals surface area contributed by atoms with E-state index in [1.807, 2.05) is 78.5 Å². The van der Waals surface area contributed by atoms with Gasteiger partial charge >= 0.3 is 0 Å². The second-order valence-corrected chi connectivity index (χ2v) is 7.38. The lowest BCUT2D eigenvalue weighted by atomic mass is 9.87. The Kier molecular flexibility index (Phi) is 7.13. The number of ether oxygens (including phenoxy) is 1. The van der Waals surface area contributed by atoms with E-state index in [9.17, 15) is 4.79 Å². The van der Waals surface area contributed by atoms with Gasteiger partial charge in [0.1, 0.15) is 17.0 Å². The lowest BCUT2D eigenvalue weighted by Gasteiger charge is -2.37. The summed E-state index contributed by atoms with van der Waals surface area (Å²) in [6.07, 6.45) is 5.01. The summed E-state index contributed by atoms with van der Waals surface area (Å²) >= 11 is 0. The van der Waals surface area contributed by atoms with E-state index in [2.05, 4.69) is 15.7 Å². The van der Waals surface area contributed by atoms with Crippen LogP contribution in [0.3, 0.4) is 0 Å². The van der Waals surface area contributed by atoms with E-state index in [0.29, 0.717) is 12.8 Å². The number of rotatable bonds is 6. The van der Waals surface area contributed by atoms with Gasteiger partial charge in [-0.1, -0.05) is 36.4 Å². The predicted octanol–water partition coefficient (Wildman–Crippen LogP) is 4.05. The lowest BCUT2D eigenvalue weighted by molar-refractivity contribution is -0.132. The highest BCUT2D eigenvalue weighted by Gasteiger charge is 2.42. The van der Waals surface area contributed by atoms with E-state index >= 15 is 0 Å². The molecular formula is C23H27ClN4O2. The van der Waals surface area contributed by atoms with Crippen molar-refractivity contribution in [1.82, 2.24) is 20.4 Å². The first-order valence-corrected chi connectivity index (χ1v) is 10.0. The minimum absolute atomic E-state index is 0. The maximum atomic E-state index is 13.4. The molecule has 4 rings (SSSR count). The Hall–Kier alpha value is -2.83. The zero-order valence-corrected chi connectivity index (χ0v) is 17.8. The highest BCUT2D eigenvalue weighted by Crippen LogP contribution is 2.32. The molecule has 1 saturated heterocycles. The third-order valence-electron chi connectivity index (χ3n) is 5.50.